The summed E-state index contributed by atoms with van der Waals surface area (Å²) in [6.07, 6.45) is 2.18. The number of nitriles is 1. The highest BCUT2D eigenvalue weighted by Gasteiger charge is 2.17. The molecule has 0 spiro atoms. The molecule has 1 aliphatic heterocycles. The largest absolute Gasteiger partial charge is 0.366 e. The van der Waals surface area contributed by atoms with Crippen LogP contribution in [0.3, 0.4) is 0 Å². The van der Waals surface area contributed by atoms with Crippen LogP contribution in [-0.2, 0) is 13.0 Å². The van der Waals surface area contributed by atoms with E-state index in [1.54, 1.807) is 12.1 Å². The van der Waals surface area contributed by atoms with Crippen LogP contribution in [0.2, 0.25) is 5.02 Å². The van der Waals surface area contributed by atoms with Crippen LogP contribution in [0.15, 0.2) is 42.5 Å². The fourth-order valence-corrected chi connectivity index (χ4v) is 2.93. The number of rotatable bonds is 1. The lowest BCUT2D eigenvalue weighted by atomic mass is 10.0. The summed E-state index contributed by atoms with van der Waals surface area (Å²) < 4.78 is 0. The summed E-state index contributed by atoms with van der Waals surface area (Å²) in [5.41, 5.74) is 4.38. The van der Waals surface area contributed by atoms with Gasteiger partial charge in [0.15, 0.2) is 0 Å². The summed E-state index contributed by atoms with van der Waals surface area (Å²) in [6.45, 7) is 1.79. The van der Waals surface area contributed by atoms with Gasteiger partial charge >= 0.3 is 0 Å². The molecule has 0 aromatic heterocycles. The Kier molecular flexibility index (Phi) is 3.62. The molecule has 100 valence electrons. The van der Waals surface area contributed by atoms with E-state index in [4.69, 9.17) is 11.6 Å². The smallest absolute Gasteiger partial charge is 0.101 e. The standard InChI is InChI=1S/C17H15ClN2/c18-16-8-7-14(11-19)17(10-16)20-9-3-6-13-4-1-2-5-15(13)12-20/h1-2,4-5,7-8,10H,3,6,9,12H2. The molecule has 2 nitrogen and oxygen atoms in total. The normalized spacial score (nSPS) is 14.3. The van der Waals surface area contributed by atoms with Gasteiger partial charge in [0, 0.05) is 18.1 Å². The predicted octanol–water partition coefficient (Wildman–Crippen LogP) is 4.16. The van der Waals surface area contributed by atoms with Crippen LogP contribution < -0.4 is 4.90 Å². The summed E-state index contributed by atoms with van der Waals surface area (Å²) in [5.74, 6) is 0. The second-order valence-corrected chi connectivity index (χ2v) is 5.50. The number of fused-ring (bicyclic) bond motifs is 1. The van der Waals surface area contributed by atoms with Crippen molar-refractivity contribution < 1.29 is 0 Å². The van der Waals surface area contributed by atoms with Crippen molar-refractivity contribution in [1.29, 1.82) is 5.26 Å². The van der Waals surface area contributed by atoms with Gasteiger partial charge in [0.25, 0.3) is 0 Å². The lowest BCUT2D eigenvalue weighted by Crippen LogP contribution is -2.23. The van der Waals surface area contributed by atoms with Gasteiger partial charge in [-0.15, -0.1) is 0 Å². The summed E-state index contributed by atoms with van der Waals surface area (Å²) in [4.78, 5) is 2.26. The first kappa shape index (κ1) is 13.0. The maximum atomic E-state index is 9.29. The number of aryl methyl sites for hydroxylation is 1. The van der Waals surface area contributed by atoms with Gasteiger partial charge in [-0.1, -0.05) is 35.9 Å². The van der Waals surface area contributed by atoms with Crippen molar-refractivity contribution in [3.8, 4) is 6.07 Å². The van der Waals surface area contributed by atoms with Gasteiger partial charge in [-0.3, -0.25) is 0 Å². The van der Waals surface area contributed by atoms with Crippen LogP contribution in [0.5, 0.6) is 0 Å². The molecule has 0 aliphatic carbocycles. The Hall–Kier alpha value is -1.98. The predicted molar refractivity (Wildman–Crippen MR) is 82.0 cm³/mol. The Morgan fingerprint density at radius 3 is 2.70 bits per heavy atom. The minimum absolute atomic E-state index is 0.677. The van der Waals surface area contributed by atoms with Gasteiger partial charge in [0.2, 0.25) is 0 Å². The quantitative estimate of drug-likeness (QED) is 0.785. The van der Waals surface area contributed by atoms with Crippen LogP contribution >= 0.6 is 11.6 Å². The first-order valence-corrected chi connectivity index (χ1v) is 7.17. The average molecular weight is 283 g/mol. The van der Waals surface area contributed by atoms with Crippen LogP contribution in [0.25, 0.3) is 0 Å². The van der Waals surface area contributed by atoms with Crippen LogP contribution in [0, 0.1) is 11.3 Å². The van der Waals surface area contributed by atoms with Gasteiger partial charge in [-0.25, -0.2) is 0 Å². The molecule has 0 bridgehead atoms. The molecule has 0 unspecified atom stereocenters. The molecule has 0 radical (unpaired) electrons. The number of hydrogen-bond acceptors (Lipinski definition) is 2. The Balaban J connectivity index is 2.00. The highest BCUT2D eigenvalue weighted by molar-refractivity contribution is 6.30. The molecule has 0 saturated heterocycles. The third kappa shape index (κ3) is 2.50. The zero-order valence-electron chi connectivity index (χ0n) is 11.1. The van der Waals surface area contributed by atoms with Crippen LogP contribution in [-0.4, -0.2) is 6.54 Å². The molecule has 1 heterocycles. The fourth-order valence-electron chi connectivity index (χ4n) is 2.77. The summed E-state index contributed by atoms with van der Waals surface area (Å²) in [5, 5.41) is 9.96. The number of hydrogen-bond donors (Lipinski definition) is 0. The van der Waals surface area contributed by atoms with E-state index < -0.39 is 0 Å². The van der Waals surface area contributed by atoms with Crippen molar-refractivity contribution in [2.75, 3.05) is 11.4 Å². The van der Waals surface area contributed by atoms with Crippen molar-refractivity contribution in [3.63, 3.8) is 0 Å². The molecule has 20 heavy (non-hydrogen) atoms. The molecule has 1 aliphatic rings. The lowest BCUT2D eigenvalue weighted by Gasteiger charge is -2.24. The minimum atomic E-state index is 0.677. The SMILES string of the molecule is N#Cc1ccc(Cl)cc1N1CCCc2ccccc2C1. The molecular formula is C17H15ClN2. The molecule has 0 amide bonds. The van der Waals surface area contributed by atoms with E-state index in [-0.39, 0.29) is 0 Å². The van der Waals surface area contributed by atoms with E-state index in [0.29, 0.717) is 10.6 Å². The highest BCUT2D eigenvalue weighted by Crippen LogP contribution is 2.28. The van der Waals surface area contributed by atoms with E-state index in [2.05, 4.69) is 35.2 Å². The second-order valence-electron chi connectivity index (χ2n) is 5.07. The van der Waals surface area contributed by atoms with E-state index >= 15 is 0 Å². The maximum Gasteiger partial charge on any atom is 0.101 e. The van der Waals surface area contributed by atoms with E-state index in [9.17, 15) is 5.26 Å². The topological polar surface area (TPSA) is 27.0 Å². The molecule has 3 heteroatoms. The zero-order valence-corrected chi connectivity index (χ0v) is 11.9. The molecular weight excluding hydrogens is 268 g/mol. The number of benzene rings is 2. The molecule has 2 aromatic rings. The van der Waals surface area contributed by atoms with E-state index in [0.717, 1.165) is 31.6 Å². The number of anilines is 1. The lowest BCUT2D eigenvalue weighted by molar-refractivity contribution is 0.765. The summed E-state index contributed by atoms with van der Waals surface area (Å²) >= 11 is 6.10. The number of nitrogens with zero attached hydrogens (tertiary/aromatic N) is 2. The van der Waals surface area contributed by atoms with Crippen LogP contribution in [0.4, 0.5) is 5.69 Å². The monoisotopic (exact) mass is 282 g/mol. The Bertz CT molecular complexity index is 673. The third-order valence-corrected chi connectivity index (χ3v) is 4.01. The minimum Gasteiger partial charge on any atom is -0.366 e. The Morgan fingerprint density at radius 1 is 1.10 bits per heavy atom. The molecule has 3 rings (SSSR count). The first-order chi connectivity index (χ1) is 9.78. The second kappa shape index (κ2) is 5.56. The van der Waals surface area contributed by atoms with E-state index in [1.807, 2.05) is 6.07 Å². The molecule has 0 atom stereocenters. The first-order valence-electron chi connectivity index (χ1n) is 6.79. The van der Waals surface area contributed by atoms with Gasteiger partial charge < -0.3 is 4.90 Å². The van der Waals surface area contributed by atoms with Gasteiger partial charge in [0.05, 0.1) is 11.3 Å². The van der Waals surface area contributed by atoms with Crippen molar-refractivity contribution in [3.05, 3.63) is 64.2 Å². The van der Waals surface area contributed by atoms with Crippen LogP contribution in [0.1, 0.15) is 23.1 Å². The fraction of sp³-hybridized carbons (Fsp3) is 0.235. The molecule has 0 fully saturated rings. The van der Waals surface area contributed by atoms with E-state index in [1.165, 1.54) is 11.1 Å². The Morgan fingerprint density at radius 2 is 1.90 bits per heavy atom. The van der Waals surface area contributed by atoms with Crippen molar-refractivity contribution in [2.24, 2.45) is 0 Å². The zero-order chi connectivity index (χ0) is 13.9. The highest BCUT2D eigenvalue weighted by atomic mass is 35.5. The molecule has 0 N–H and O–H groups in total. The summed E-state index contributed by atoms with van der Waals surface area (Å²) in [6, 6.07) is 16.3. The number of halogens is 1. The maximum absolute atomic E-state index is 9.29. The van der Waals surface area contributed by atoms with Crippen molar-refractivity contribution in [2.45, 2.75) is 19.4 Å². The van der Waals surface area contributed by atoms with Crippen molar-refractivity contribution >= 4 is 17.3 Å². The Labute approximate surface area is 124 Å². The average Bonchev–Trinajstić information content (AvgIpc) is 2.69. The van der Waals surface area contributed by atoms with Gasteiger partial charge in [-0.05, 0) is 42.2 Å². The summed E-state index contributed by atoms with van der Waals surface area (Å²) in [7, 11) is 0. The third-order valence-electron chi connectivity index (χ3n) is 3.77. The van der Waals surface area contributed by atoms with Gasteiger partial charge in [-0.2, -0.15) is 5.26 Å². The molecule has 2 aromatic carbocycles. The van der Waals surface area contributed by atoms with Gasteiger partial charge in [0.1, 0.15) is 6.07 Å². The molecule has 0 saturated carbocycles. The van der Waals surface area contributed by atoms with Crippen molar-refractivity contribution in [1.82, 2.24) is 0 Å².